The van der Waals surface area contributed by atoms with Crippen LogP contribution in [0, 0.1) is 0 Å². The SMILES string of the molecule is COc1ccc(NC(=O)C2(C)Cc3ccccc3C(=O)O2)cc1OCc1cccnc1. The van der Waals surface area contributed by atoms with E-state index >= 15 is 0 Å². The van der Waals surface area contributed by atoms with Crippen molar-refractivity contribution in [1.29, 1.82) is 0 Å². The number of aromatic nitrogens is 1. The number of pyridine rings is 1. The summed E-state index contributed by atoms with van der Waals surface area (Å²) < 4.78 is 16.7. The van der Waals surface area contributed by atoms with Crippen LogP contribution in [0.1, 0.15) is 28.4 Å². The van der Waals surface area contributed by atoms with Crippen molar-refractivity contribution < 1.29 is 23.8 Å². The number of anilines is 1. The number of cyclic esters (lactones) is 1. The van der Waals surface area contributed by atoms with Crippen LogP contribution in [-0.4, -0.2) is 29.6 Å². The van der Waals surface area contributed by atoms with Crippen molar-refractivity contribution in [3.05, 3.63) is 83.7 Å². The van der Waals surface area contributed by atoms with Crippen LogP contribution in [-0.2, 0) is 22.6 Å². The maximum absolute atomic E-state index is 13.0. The van der Waals surface area contributed by atoms with Gasteiger partial charge in [-0.15, -0.1) is 0 Å². The summed E-state index contributed by atoms with van der Waals surface area (Å²) in [4.78, 5) is 29.5. The van der Waals surface area contributed by atoms with Gasteiger partial charge in [-0.3, -0.25) is 9.78 Å². The number of ether oxygens (including phenoxy) is 3. The van der Waals surface area contributed by atoms with Crippen LogP contribution in [0.15, 0.2) is 67.0 Å². The highest BCUT2D eigenvalue weighted by Crippen LogP contribution is 2.33. The second-order valence-electron chi connectivity index (χ2n) is 7.42. The largest absolute Gasteiger partial charge is 0.493 e. The number of nitrogens with one attached hydrogen (secondary N) is 1. The Labute approximate surface area is 180 Å². The van der Waals surface area contributed by atoms with Crippen molar-refractivity contribution in [3.8, 4) is 11.5 Å². The van der Waals surface area contributed by atoms with Gasteiger partial charge in [0.15, 0.2) is 17.1 Å². The highest BCUT2D eigenvalue weighted by atomic mass is 16.6. The number of rotatable bonds is 6. The number of hydrogen-bond donors (Lipinski definition) is 1. The number of benzene rings is 2. The van der Waals surface area contributed by atoms with Crippen molar-refractivity contribution in [3.63, 3.8) is 0 Å². The number of hydrogen-bond acceptors (Lipinski definition) is 6. The molecule has 1 N–H and O–H groups in total. The first-order chi connectivity index (χ1) is 15.0. The molecule has 2 aromatic carbocycles. The molecule has 0 spiro atoms. The lowest BCUT2D eigenvalue weighted by Crippen LogP contribution is -2.48. The number of fused-ring (bicyclic) bond motifs is 1. The van der Waals surface area contributed by atoms with Gasteiger partial charge in [0.2, 0.25) is 0 Å². The van der Waals surface area contributed by atoms with Gasteiger partial charge in [0.05, 0.1) is 12.7 Å². The zero-order valence-electron chi connectivity index (χ0n) is 17.3. The molecule has 2 heterocycles. The van der Waals surface area contributed by atoms with E-state index in [9.17, 15) is 9.59 Å². The molecule has 1 amide bonds. The van der Waals surface area contributed by atoms with Gasteiger partial charge >= 0.3 is 5.97 Å². The normalized spacial score (nSPS) is 17.3. The molecule has 0 fully saturated rings. The molecule has 31 heavy (non-hydrogen) atoms. The van der Waals surface area contributed by atoms with Gasteiger partial charge in [-0.05, 0) is 36.8 Å². The maximum Gasteiger partial charge on any atom is 0.339 e. The summed E-state index contributed by atoms with van der Waals surface area (Å²) >= 11 is 0. The monoisotopic (exact) mass is 418 g/mol. The Morgan fingerprint density at radius 3 is 2.77 bits per heavy atom. The number of carbonyl (C=O) groups is 2. The van der Waals surface area contributed by atoms with Gasteiger partial charge < -0.3 is 19.5 Å². The highest BCUT2D eigenvalue weighted by Gasteiger charge is 2.42. The van der Waals surface area contributed by atoms with E-state index in [0.29, 0.717) is 35.8 Å². The molecule has 0 saturated heterocycles. The van der Waals surface area contributed by atoms with Gasteiger partial charge in [-0.1, -0.05) is 24.3 Å². The van der Waals surface area contributed by atoms with E-state index in [1.54, 1.807) is 56.8 Å². The lowest BCUT2D eigenvalue weighted by molar-refractivity contribution is -0.134. The Hall–Kier alpha value is -3.87. The zero-order chi connectivity index (χ0) is 21.8. The molecule has 7 nitrogen and oxygen atoms in total. The fourth-order valence-corrected chi connectivity index (χ4v) is 3.43. The lowest BCUT2D eigenvalue weighted by Gasteiger charge is -2.33. The highest BCUT2D eigenvalue weighted by molar-refractivity contribution is 6.02. The van der Waals surface area contributed by atoms with E-state index in [1.807, 2.05) is 24.3 Å². The standard InChI is InChI=1S/C24H22N2O5/c1-24(13-17-7-3-4-8-19(17)22(27)31-24)23(28)26-18-9-10-20(29-2)21(12-18)30-15-16-6-5-11-25-14-16/h3-12,14H,13,15H2,1-2H3,(H,26,28). The van der Waals surface area contributed by atoms with E-state index in [2.05, 4.69) is 10.3 Å². The molecule has 0 aliphatic carbocycles. The Bertz CT molecular complexity index is 1120. The minimum absolute atomic E-state index is 0.293. The third-order valence-electron chi connectivity index (χ3n) is 5.10. The summed E-state index contributed by atoms with van der Waals surface area (Å²) in [6.07, 6.45) is 3.70. The summed E-state index contributed by atoms with van der Waals surface area (Å²) in [7, 11) is 1.55. The van der Waals surface area contributed by atoms with Crippen LogP contribution in [0.25, 0.3) is 0 Å². The second-order valence-corrected chi connectivity index (χ2v) is 7.42. The van der Waals surface area contributed by atoms with Crippen molar-refractivity contribution in [2.24, 2.45) is 0 Å². The predicted molar refractivity (Wildman–Crippen MR) is 114 cm³/mol. The molecule has 1 unspecified atom stereocenters. The first-order valence-electron chi connectivity index (χ1n) is 9.81. The third kappa shape index (κ3) is 4.35. The van der Waals surface area contributed by atoms with Crippen LogP contribution in [0.3, 0.4) is 0 Å². The molecule has 4 rings (SSSR count). The van der Waals surface area contributed by atoms with Crippen LogP contribution >= 0.6 is 0 Å². The first-order valence-corrected chi connectivity index (χ1v) is 9.81. The smallest absolute Gasteiger partial charge is 0.339 e. The number of nitrogens with zero attached hydrogens (tertiary/aromatic N) is 1. The average Bonchev–Trinajstić information content (AvgIpc) is 2.78. The van der Waals surface area contributed by atoms with Crippen LogP contribution in [0.4, 0.5) is 5.69 Å². The quantitative estimate of drug-likeness (QED) is 0.613. The first kappa shape index (κ1) is 20.4. The fraction of sp³-hybridized carbons (Fsp3) is 0.208. The molecule has 3 aromatic rings. The summed E-state index contributed by atoms with van der Waals surface area (Å²) in [6.45, 7) is 1.91. The van der Waals surface area contributed by atoms with E-state index in [-0.39, 0.29) is 0 Å². The van der Waals surface area contributed by atoms with Gasteiger partial charge in [0, 0.05) is 36.1 Å². The minimum Gasteiger partial charge on any atom is -0.493 e. The molecule has 7 heteroatoms. The molecule has 158 valence electrons. The molecular weight excluding hydrogens is 396 g/mol. The van der Waals surface area contributed by atoms with E-state index in [0.717, 1.165) is 11.1 Å². The topological polar surface area (TPSA) is 86.8 Å². The van der Waals surface area contributed by atoms with Gasteiger partial charge in [-0.25, -0.2) is 4.79 Å². The second kappa shape index (κ2) is 8.47. The van der Waals surface area contributed by atoms with Crippen LogP contribution in [0.2, 0.25) is 0 Å². The van der Waals surface area contributed by atoms with Crippen molar-refractivity contribution in [1.82, 2.24) is 4.98 Å². The third-order valence-corrected chi connectivity index (χ3v) is 5.10. The van der Waals surface area contributed by atoms with Gasteiger partial charge in [0.1, 0.15) is 6.61 Å². The molecule has 0 saturated carbocycles. The van der Waals surface area contributed by atoms with Crippen LogP contribution in [0.5, 0.6) is 11.5 Å². The van der Waals surface area contributed by atoms with E-state index in [1.165, 1.54) is 0 Å². The fourth-order valence-electron chi connectivity index (χ4n) is 3.43. The van der Waals surface area contributed by atoms with Crippen molar-refractivity contribution in [2.75, 3.05) is 12.4 Å². The maximum atomic E-state index is 13.0. The van der Waals surface area contributed by atoms with E-state index < -0.39 is 17.5 Å². The number of methoxy groups -OCH3 is 1. The zero-order valence-corrected chi connectivity index (χ0v) is 17.3. The Morgan fingerprint density at radius 2 is 2.00 bits per heavy atom. The molecule has 0 radical (unpaired) electrons. The van der Waals surface area contributed by atoms with Crippen molar-refractivity contribution in [2.45, 2.75) is 25.6 Å². The Balaban J connectivity index is 1.51. The summed E-state index contributed by atoms with van der Waals surface area (Å²) in [6, 6.07) is 16.0. The molecule has 0 bridgehead atoms. The van der Waals surface area contributed by atoms with E-state index in [4.69, 9.17) is 14.2 Å². The predicted octanol–water partition coefficient (Wildman–Crippen LogP) is 3.78. The van der Waals surface area contributed by atoms with Crippen LogP contribution < -0.4 is 14.8 Å². The molecule has 1 aliphatic heterocycles. The molecule has 1 aromatic heterocycles. The summed E-state index contributed by atoms with van der Waals surface area (Å²) in [5.74, 6) is 0.0832. The lowest BCUT2D eigenvalue weighted by atomic mass is 9.89. The van der Waals surface area contributed by atoms with Gasteiger partial charge in [0.25, 0.3) is 5.91 Å². The Kier molecular flexibility index (Phi) is 5.58. The van der Waals surface area contributed by atoms with Crippen molar-refractivity contribution >= 4 is 17.6 Å². The molecule has 1 atom stereocenters. The minimum atomic E-state index is -1.32. The summed E-state index contributed by atoms with van der Waals surface area (Å²) in [5.41, 5.74) is 1.36. The average molecular weight is 418 g/mol. The number of carbonyl (C=O) groups excluding carboxylic acids is 2. The van der Waals surface area contributed by atoms with Gasteiger partial charge in [-0.2, -0.15) is 0 Å². The number of esters is 1. The number of amides is 1. The summed E-state index contributed by atoms with van der Waals surface area (Å²) in [5, 5.41) is 2.83. The molecule has 1 aliphatic rings. The Morgan fingerprint density at radius 1 is 1.16 bits per heavy atom. The molecular formula is C24H22N2O5.